The van der Waals surface area contributed by atoms with E-state index in [1.165, 1.54) is 0 Å². The van der Waals surface area contributed by atoms with Gasteiger partial charge in [0.15, 0.2) is 0 Å². The molecule has 0 radical (unpaired) electrons. The smallest absolute Gasteiger partial charge is 0.407 e. The minimum absolute atomic E-state index is 0.0275. The predicted octanol–water partition coefficient (Wildman–Crippen LogP) is 1.11. The molecule has 4 nitrogen and oxygen atoms in total. The van der Waals surface area contributed by atoms with Crippen molar-refractivity contribution >= 4 is 6.09 Å². The quantitative estimate of drug-likeness (QED) is 0.679. The molecule has 0 aromatic rings. The van der Waals surface area contributed by atoms with Gasteiger partial charge in [-0.1, -0.05) is 20.8 Å². The molecule has 0 aliphatic carbocycles. The molecule has 0 saturated heterocycles. The van der Waals surface area contributed by atoms with Crippen LogP contribution in [0.15, 0.2) is 0 Å². The summed E-state index contributed by atoms with van der Waals surface area (Å²) in [5.74, 6) is 0.365. The van der Waals surface area contributed by atoms with Crippen molar-refractivity contribution in [2.75, 3.05) is 13.2 Å². The predicted molar refractivity (Wildman–Crippen MR) is 52.5 cm³/mol. The fourth-order valence-corrected chi connectivity index (χ4v) is 0.778. The molecule has 0 aliphatic rings. The lowest BCUT2D eigenvalue weighted by Crippen LogP contribution is -2.40. The monoisotopic (exact) mass is 188 g/mol. The lowest BCUT2D eigenvalue weighted by atomic mass is 10.2. The maximum atomic E-state index is 11.1. The zero-order valence-electron chi connectivity index (χ0n) is 8.67. The first-order valence-electron chi connectivity index (χ1n) is 4.73. The number of carbonyl (C=O) groups excluding carboxylic acids is 1. The van der Waals surface area contributed by atoms with Gasteiger partial charge in [0.05, 0.1) is 6.61 Å². The van der Waals surface area contributed by atoms with Crippen molar-refractivity contribution in [2.45, 2.75) is 33.2 Å². The second kappa shape index (κ2) is 6.71. The van der Waals surface area contributed by atoms with Crippen LogP contribution in [0.2, 0.25) is 0 Å². The third kappa shape index (κ3) is 6.40. The number of carbonyl (C=O) groups is 1. The van der Waals surface area contributed by atoms with Gasteiger partial charge in [-0.3, -0.25) is 0 Å². The van der Waals surface area contributed by atoms with Crippen molar-refractivity contribution in [1.82, 2.24) is 5.32 Å². The Labute approximate surface area is 79.8 Å². The molecule has 0 fully saturated rings. The normalized spacial score (nSPS) is 12.7. The molecule has 1 unspecified atom stereocenters. The molecule has 1 amide bonds. The second-order valence-corrected chi connectivity index (χ2v) is 3.48. The molecule has 78 valence electrons. The number of alkyl carbamates (subject to hydrolysis) is 1. The standard InChI is InChI=1S/C9H20N2O2/c1-4-8(5-10)11-9(12)13-6-7(2)3/h7-8H,4-6,10H2,1-3H3,(H,11,12). The van der Waals surface area contributed by atoms with Gasteiger partial charge in [0.2, 0.25) is 0 Å². The molecule has 0 rings (SSSR count). The van der Waals surface area contributed by atoms with Crippen molar-refractivity contribution < 1.29 is 9.53 Å². The van der Waals surface area contributed by atoms with Crippen LogP contribution < -0.4 is 11.1 Å². The third-order valence-electron chi connectivity index (χ3n) is 1.65. The topological polar surface area (TPSA) is 64.3 Å². The Morgan fingerprint density at radius 3 is 2.54 bits per heavy atom. The highest BCUT2D eigenvalue weighted by molar-refractivity contribution is 5.67. The molecule has 13 heavy (non-hydrogen) atoms. The van der Waals surface area contributed by atoms with Crippen LogP contribution in [0.25, 0.3) is 0 Å². The van der Waals surface area contributed by atoms with E-state index in [2.05, 4.69) is 5.32 Å². The first kappa shape index (κ1) is 12.2. The fraction of sp³-hybridized carbons (Fsp3) is 0.889. The number of ether oxygens (including phenoxy) is 1. The minimum Gasteiger partial charge on any atom is -0.449 e. The number of nitrogens with two attached hydrogens (primary N) is 1. The summed E-state index contributed by atoms with van der Waals surface area (Å²) in [6, 6.07) is 0.0275. The van der Waals surface area contributed by atoms with Crippen LogP contribution in [0, 0.1) is 5.92 Å². The maximum Gasteiger partial charge on any atom is 0.407 e. The van der Waals surface area contributed by atoms with Crippen LogP contribution in [0.5, 0.6) is 0 Å². The summed E-state index contributed by atoms with van der Waals surface area (Å²) < 4.78 is 4.93. The minimum atomic E-state index is -0.369. The average molecular weight is 188 g/mol. The summed E-state index contributed by atoms with van der Waals surface area (Å²) in [5.41, 5.74) is 5.42. The summed E-state index contributed by atoms with van der Waals surface area (Å²) in [4.78, 5) is 11.1. The molecule has 0 aromatic carbocycles. The van der Waals surface area contributed by atoms with Gasteiger partial charge in [-0.25, -0.2) is 4.79 Å². The molecule has 0 bridgehead atoms. The van der Waals surface area contributed by atoms with E-state index in [4.69, 9.17) is 10.5 Å². The van der Waals surface area contributed by atoms with Gasteiger partial charge < -0.3 is 15.8 Å². The van der Waals surface area contributed by atoms with E-state index < -0.39 is 0 Å². The summed E-state index contributed by atoms with van der Waals surface area (Å²) in [6.07, 6.45) is 0.457. The van der Waals surface area contributed by atoms with Gasteiger partial charge in [-0.2, -0.15) is 0 Å². The van der Waals surface area contributed by atoms with E-state index in [1.807, 2.05) is 20.8 Å². The number of nitrogens with one attached hydrogen (secondary N) is 1. The van der Waals surface area contributed by atoms with Gasteiger partial charge >= 0.3 is 6.09 Å². The number of hydrogen-bond acceptors (Lipinski definition) is 3. The largest absolute Gasteiger partial charge is 0.449 e. The molecule has 0 aliphatic heterocycles. The first-order chi connectivity index (χ1) is 6.10. The Kier molecular flexibility index (Phi) is 6.32. The zero-order chi connectivity index (χ0) is 10.3. The Morgan fingerprint density at radius 2 is 2.15 bits per heavy atom. The van der Waals surface area contributed by atoms with Crippen LogP contribution in [-0.4, -0.2) is 25.3 Å². The van der Waals surface area contributed by atoms with Gasteiger partial charge in [-0.05, 0) is 12.3 Å². The highest BCUT2D eigenvalue weighted by Crippen LogP contribution is 1.94. The van der Waals surface area contributed by atoms with Crippen LogP contribution in [0.1, 0.15) is 27.2 Å². The summed E-state index contributed by atoms with van der Waals surface area (Å²) >= 11 is 0. The highest BCUT2D eigenvalue weighted by Gasteiger charge is 2.09. The fourth-order valence-electron chi connectivity index (χ4n) is 0.778. The van der Waals surface area contributed by atoms with E-state index in [0.717, 1.165) is 6.42 Å². The second-order valence-electron chi connectivity index (χ2n) is 3.48. The van der Waals surface area contributed by atoms with Gasteiger partial charge in [0, 0.05) is 12.6 Å². The van der Waals surface area contributed by atoms with Gasteiger partial charge in [0.1, 0.15) is 0 Å². The van der Waals surface area contributed by atoms with Crippen LogP contribution in [0.4, 0.5) is 4.79 Å². The molecule has 4 heteroatoms. The van der Waals surface area contributed by atoms with Gasteiger partial charge in [-0.15, -0.1) is 0 Å². The van der Waals surface area contributed by atoms with Crippen molar-refractivity contribution in [3.63, 3.8) is 0 Å². The maximum absolute atomic E-state index is 11.1. The Bertz CT molecular complexity index is 145. The number of hydrogen-bond donors (Lipinski definition) is 2. The molecule has 0 aromatic heterocycles. The Morgan fingerprint density at radius 1 is 1.54 bits per heavy atom. The third-order valence-corrected chi connectivity index (χ3v) is 1.65. The van der Waals surface area contributed by atoms with Crippen molar-refractivity contribution in [1.29, 1.82) is 0 Å². The molecule has 1 atom stereocenters. The Hall–Kier alpha value is -0.770. The Balaban J connectivity index is 3.60. The molecular weight excluding hydrogens is 168 g/mol. The summed E-state index contributed by atoms with van der Waals surface area (Å²) in [7, 11) is 0. The van der Waals surface area contributed by atoms with E-state index in [-0.39, 0.29) is 12.1 Å². The van der Waals surface area contributed by atoms with Gasteiger partial charge in [0.25, 0.3) is 0 Å². The zero-order valence-corrected chi connectivity index (χ0v) is 8.67. The van der Waals surface area contributed by atoms with Crippen LogP contribution in [-0.2, 0) is 4.74 Å². The average Bonchev–Trinajstić information content (AvgIpc) is 2.10. The summed E-state index contributed by atoms with van der Waals surface area (Å²) in [5, 5.41) is 2.69. The summed E-state index contributed by atoms with van der Waals surface area (Å²) in [6.45, 7) is 6.86. The first-order valence-corrected chi connectivity index (χ1v) is 4.73. The lowest BCUT2D eigenvalue weighted by molar-refractivity contribution is 0.129. The van der Waals surface area contributed by atoms with Crippen LogP contribution >= 0.6 is 0 Å². The van der Waals surface area contributed by atoms with E-state index >= 15 is 0 Å². The van der Waals surface area contributed by atoms with E-state index in [0.29, 0.717) is 19.1 Å². The molecule has 0 saturated carbocycles. The van der Waals surface area contributed by atoms with Crippen molar-refractivity contribution in [2.24, 2.45) is 11.7 Å². The van der Waals surface area contributed by atoms with Crippen molar-refractivity contribution in [3.05, 3.63) is 0 Å². The molecule has 3 N–H and O–H groups in total. The number of amides is 1. The van der Waals surface area contributed by atoms with Crippen molar-refractivity contribution in [3.8, 4) is 0 Å². The van der Waals surface area contributed by atoms with E-state index in [1.54, 1.807) is 0 Å². The highest BCUT2D eigenvalue weighted by atomic mass is 16.5. The molecule has 0 heterocycles. The SMILES string of the molecule is CCC(CN)NC(=O)OCC(C)C. The number of rotatable bonds is 5. The van der Waals surface area contributed by atoms with Crippen LogP contribution in [0.3, 0.4) is 0 Å². The molecular formula is C9H20N2O2. The lowest BCUT2D eigenvalue weighted by Gasteiger charge is -2.15. The molecule has 0 spiro atoms. The van der Waals surface area contributed by atoms with E-state index in [9.17, 15) is 4.79 Å².